The lowest BCUT2D eigenvalue weighted by atomic mass is 9.94. The highest BCUT2D eigenvalue weighted by atomic mass is 79.9. The number of halogens is 1. The third-order valence-corrected chi connectivity index (χ3v) is 4.00. The van der Waals surface area contributed by atoms with E-state index in [1.165, 1.54) is 12.1 Å². The van der Waals surface area contributed by atoms with Crippen LogP contribution in [0.4, 0.5) is 5.69 Å². The molecule has 0 spiro atoms. The largest absolute Gasteiger partial charge is 0.478 e. The van der Waals surface area contributed by atoms with E-state index in [1.807, 2.05) is 0 Å². The van der Waals surface area contributed by atoms with E-state index in [-0.39, 0.29) is 17.9 Å². The summed E-state index contributed by atoms with van der Waals surface area (Å²) in [6, 6.07) is 4.59. The molecule has 0 unspecified atom stereocenters. The van der Waals surface area contributed by atoms with Gasteiger partial charge in [-0.15, -0.1) is 0 Å². The van der Waals surface area contributed by atoms with Crippen LogP contribution in [0.1, 0.15) is 42.5 Å². The van der Waals surface area contributed by atoms with Crippen molar-refractivity contribution in [1.82, 2.24) is 0 Å². The molecular weight excluding hydrogens is 324 g/mol. The molecule has 0 bridgehead atoms. The summed E-state index contributed by atoms with van der Waals surface area (Å²) in [6.07, 6.45) is 4.11. The van der Waals surface area contributed by atoms with Crippen molar-refractivity contribution in [3.63, 3.8) is 0 Å². The number of nitrogens with two attached hydrogens (primary N) is 1. The Kier molecular flexibility index (Phi) is 4.45. The molecule has 5 nitrogen and oxygen atoms in total. The van der Waals surface area contributed by atoms with Crippen molar-refractivity contribution < 1.29 is 14.7 Å². The summed E-state index contributed by atoms with van der Waals surface area (Å²) >= 11 is 3.23. The maximum atomic E-state index is 12.0. The summed E-state index contributed by atoms with van der Waals surface area (Å²) in [6.45, 7) is 0. The zero-order chi connectivity index (χ0) is 14.8. The van der Waals surface area contributed by atoms with Gasteiger partial charge >= 0.3 is 5.97 Å². The first-order valence-corrected chi connectivity index (χ1v) is 7.30. The second-order valence-corrected chi connectivity index (χ2v) is 6.24. The average Bonchev–Trinajstić information content (AvgIpc) is 2.74. The van der Waals surface area contributed by atoms with Crippen molar-refractivity contribution in [3.05, 3.63) is 28.2 Å². The number of aromatic carboxylic acids is 1. The highest BCUT2D eigenvalue weighted by Gasteiger charge is 2.31. The van der Waals surface area contributed by atoms with Crippen LogP contribution in [-0.2, 0) is 4.79 Å². The minimum absolute atomic E-state index is 0.123. The van der Waals surface area contributed by atoms with Gasteiger partial charge in [-0.05, 0) is 31.0 Å². The molecule has 108 valence electrons. The number of benzene rings is 1. The highest BCUT2D eigenvalue weighted by molar-refractivity contribution is 9.10. The van der Waals surface area contributed by atoms with Crippen LogP contribution in [0.5, 0.6) is 0 Å². The van der Waals surface area contributed by atoms with Gasteiger partial charge in [-0.3, -0.25) is 4.79 Å². The van der Waals surface area contributed by atoms with Gasteiger partial charge in [-0.2, -0.15) is 0 Å². The Labute approximate surface area is 125 Å². The Morgan fingerprint density at radius 1 is 1.30 bits per heavy atom. The van der Waals surface area contributed by atoms with Crippen LogP contribution in [0.15, 0.2) is 22.7 Å². The predicted octanol–water partition coefficient (Wildman–Crippen LogP) is 2.75. The van der Waals surface area contributed by atoms with Gasteiger partial charge in [0.15, 0.2) is 0 Å². The minimum atomic E-state index is -1.03. The Bertz CT molecular complexity index is 539. The third kappa shape index (κ3) is 3.80. The number of rotatable bonds is 4. The molecule has 6 heteroatoms. The molecule has 0 radical (unpaired) electrons. The van der Waals surface area contributed by atoms with Gasteiger partial charge in [-0.1, -0.05) is 28.8 Å². The van der Waals surface area contributed by atoms with Gasteiger partial charge in [0.2, 0.25) is 5.91 Å². The normalized spacial score (nSPS) is 16.9. The lowest BCUT2D eigenvalue weighted by molar-refractivity contribution is -0.117. The summed E-state index contributed by atoms with van der Waals surface area (Å²) < 4.78 is 0.607. The van der Waals surface area contributed by atoms with Crippen molar-refractivity contribution in [2.45, 2.75) is 37.6 Å². The lowest BCUT2D eigenvalue weighted by Gasteiger charge is -2.22. The molecule has 1 aromatic carbocycles. The summed E-state index contributed by atoms with van der Waals surface area (Å²) in [7, 11) is 0. The first-order chi connectivity index (χ1) is 9.38. The van der Waals surface area contributed by atoms with E-state index in [4.69, 9.17) is 10.8 Å². The second kappa shape index (κ2) is 5.93. The van der Waals surface area contributed by atoms with Crippen LogP contribution in [0.25, 0.3) is 0 Å². The zero-order valence-electron chi connectivity index (χ0n) is 11.0. The molecule has 1 fully saturated rings. The number of nitrogens with one attached hydrogen (secondary N) is 1. The fourth-order valence-corrected chi connectivity index (χ4v) is 3.06. The Morgan fingerprint density at radius 3 is 2.55 bits per heavy atom. The molecule has 4 N–H and O–H groups in total. The molecule has 2 rings (SSSR count). The second-order valence-electron chi connectivity index (χ2n) is 5.33. The summed E-state index contributed by atoms with van der Waals surface area (Å²) in [5.41, 5.74) is 6.33. The van der Waals surface area contributed by atoms with Gasteiger partial charge in [0.25, 0.3) is 0 Å². The highest BCUT2D eigenvalue weighted by Crippen LogP contribution is 2.30. The average molecular weight is 341 g/mol. The Balaban J connectivity index is 2.05. The Hall–Kier alpha value is -1.40. The number of hydrogen-bond acceptors (Lipinski definition) is 3. The zero-order valence-corrected chi connectivity index (χ0v) is 12.6. The fraction of sp³-hybridized carbons (Fsp3) is 0.429. The summed E-state index contributed by atoms with van der Waals surface area (Å²) in [5.74, 6) is -1.21. The number of amides is 1. The van der Waals surface area contributed by atoms with Crippen LogP contribution >= 0.6 is 15.9 Å². The maximum absolute atomic E-state index is 12.0. The van der Waals surface area contributed by atoms with E-state index in [0.29, 0.717) is 10.2 Å². The molecule has 0 aliphatic heterocycles. The Morgan fingerprint density at radius 2 is 1.95 bits per heavy atom. The van der Waals surface area contributed by atoms with Gasteiger partial charge in [0, 0.05) is 22.1 Å². The molecule has 20 heavy (non-hydrogen) atoms. The third-order valence-electron chi connectivity index (χ3n) is 3.54. The van der Waals surface area contributed by atoms with E-state index < -0.39 is 11.5 Å². The summed E-state index contributed by atoms with van der Waals surface area (Å²) in [4.78, 5) is 23.0. The minimum Gasteiger partial charge on any atom is -0.478 e. The maximum Gasteiger partial charge on any atom is 0.335 e. The van der Waals surface area contributed by atoms with Crippen molar-refractivity contribution in [3.8, 4) is 0 Å². The van der Waals surface area contributed by atoms with Crippen molar-refractivity contribution in [2.24, 2.45) is 5.73 Å². The SMILES string of the molecule is NC1(CC(=O)Nc2cc(Br)cc(C(=O)O)c2)CCCC1. The van der Waals surface area contributed by atoms with Gasteiger partial charge in [0.05, 0.1) is 5.56 Å². The monoisotopic (exact) mass is 340 g/mol. The van der Waals surface area contributed by atoms with Crippen molar-refractivity contribution in [2.75, 3.05) is 5.32 Å². The van der Waals surface area contributed by atoms with E-state index in [9.17, 15) is 9.59 Å². The van der Waals surface area contributed by atoms with Crippen molar-refractivity contribution >= 4 is 33.5 Å². The number of anilines is 1. The molecule has 1 aliphatic carbocycles. The molecular formula is C14H17BrN2O3. The molecule has 1 amide bonds. The van der Waals surface area contributed by atoms with Crippen LogP contribution in [0, 0.1) is 0 Å². The molecule has 0 atom stereocenters. The molecule has 0 aromatic heterocycles. The predicted molar refractivity (Wildman–Crippen MR) is 79.7 cm³/mol. The number of carbonyl (C=O) groups excluding carboxylic acids is 1. The number of hydrogen-bond donors (Lipinski definition) is 3. The first kappa shape index (κ1) is 15.0. The van der Waals surface area contributed by atoms with Gasteiger partial charge in [-0.25, -0.2) is 4.79 Å². The van der Waals surface area contributed by atoms with Crippen LogP contribution in [0.2, 0.25) is 0 Å². The van der Waals surface area contributed by atoms with Crippen LogP contribution in [-0.4, -0.2) is 22.5 Å². The number of carboxylic acid groups (broad SMARTS) is 1. The van der Waals surface area contributed by atoms with E-state index >= 15 is 0 Å². The van der Waals surface area contributed by atoms with Crippen LogP contribution in [0.3, 0.4) is 0 Å². The standard InChI is InChI=1S/C14H17BrN2O3/c15-10-5-9(13(19)20)6-11(7-10)17-12(18)8-14(16)3-1-2-4-14/h5-7H,1-4,8,16H2,(H,17,18)(H,19,20). The lowest BCUT2D eigenvalue weighted by Crippen LogP contribution is -2.40. The molecule has 1 aromatic rings. The van der Waals surface area contributed by atoms with E-state index in [2.05, 4.69) is 21.2 Å². The molecule has 0 saturated heterocycles. The molecule has 1 saturated carbocycles. The topological polar surface area (TPSA) is 92.4 Å². The number of carbonyl (C=O) groups is 2. The molecule has 0 heterocycles. The van der Waals surface area contributed by atoms with E-state index in [0.717, 1.165) is 25.7 Å². The fourth-order valence-electron chi connectivity index (χ4n) is 2.57. The van der Waals surface area contributed by atoms with Crippen molar-refractivity contribution in [1.29, 1.82) is 0 Å². The number of carboxylic acids is 1. The van der Waals surface area contributed by atoms with Crippen LogP contribution < -0.4 is 11.1 Å². The smallest absolute Gasteiger partial charge is 0.335 e. The van der Waals surface area contributed by atoms with E-state index in [1.54, 1.807) is 6.07 Å². The molecule has 1 aliphatic rings. The first-order valence-electron chi connectivity index (χ1n) is 6.51. The van der Waals surface area contributed by atoms with Gasteiger partial charge < -0.3 is 16.2 Å². The quantitative estimate of drug-likeness (QED) is 0.785. The summed E-state index contributed by atoms with van der Waals surface area (Å²) in [5, 5.41) is 11.7. The van der Waals surface area contributed by atoms with Gasteiger partial charge in [0.1, 0.15) is 0 Å².